The number of halogens is 2. The molecule has 194 valence electrons. The van der Waals surface area contributed by atoms with Gasteiger partial charge >= 0.3 is 5.97 Å². The van der Waals surface area contributed by atoms with Crippen LogP contribution in [0.4, 0.5) is 5.69 Å². The molecule has 1 fully saturated rings. The lowest BCUT2D eigenvalue weighted by molar-refractivity contribution is -0.146. The number of methoxy groups -OCH3 is 1. The number of anilines is 1. The first kappa shape index (κ1) is 28.0. The van der Waals surface area contributed by atoms with Crippen molar-refractivity contribution >= 4 is 46.7 Å². The van der Waals surface area contributed by atoms with Crippen molar-refractivity contribution in [3.63, 3.8) is 0 Å². The van der Waals surface area contributed by atoms with Crippen LogP contribution in [-0.2, 0) is 20.7 Å². The first-order chi connectivity index (χ1) is 17.1. The average molecular weight is 534 g/mol. The van der Waals surface area contributed by atoms with Gasteiger partial charge in [0.25, 0.3) is 5.91 Å². The van der Waals surface area contributed by atoms with E-state index in [1.54, 1.807) is 42.5 Å². The summed E-state index contributed by atoms with van der Waals surface area (Å²) in [6.45, 7) is 0.808. The number of hydrogen-bond acceptors (Lipinski definition) is 5. The first-order valence-corrected chi connectivity index (χ1v) is 12.8. The molecule has 36 heavy (non-hydrogen) atoms. The normalized spacial score (nSPS) is 15.4. The molecule has 0 aliphatic heterocycles. The standard InChI is InChI=1S/C27H33Cl2N3O4/c1-32(2)16-15-27(13-4-5-14-27)26(35)31-22(25(34)36-3)17-18-9-11-19(12-10-18)30-24(33)23-20(28)7-6-8-21(23)29/h6-12,22H,4-5,13-17H2,1-3H3,(H,30,33)(H,31,35)/t22-/m0/s1. The Balaban J connectivity index is 1.69. The molecule has 2 N–H and O–H groups in total. The number of esters is 1. The molecule has 1 aliphatic rings. The van der Waals surface area contributed by atoms with Crippen molar-refractivity contribution in [1.29, 1.82) is 0 Å². The number of amides is 2. The third-order valence-electron chi connectivity index (χ3n) is 6.71. The maximum Gasteiger partial charge on any atom is 0.328 e. The molecule has 0 heterocycles. The molecule has 2 aromatic rings. The van der Waals surface area contributed by atoms with Gasteiger partial charge in [-0.25, -0.2) is 4.79 Å². The summed E-state index contributed by atoms with van der Waals surface area (Å²) in [4.78, 5) is 40.6. The summed E-state index contributed by atoms with van der Waals surface area (Å²) >= 11 is 12.2. The van der Waals surface area contributed by atoms with Crippen molar-refractivity contribution in [3.05, 3.63) is 63.6 Å². The van der Waals surface area contributed by atoms with E-state index in [-0.39, 0.29) is 27.9 Å². The Hall–Kier alpha value is -2.61. The van der Waals surface area contributed by atoms with Gasteiger partial charge in [0, 0.05) is 12.1 Å². The number of nitrogens with one attached hydrogen (secondary N) is 2. The number of ether oxygens (including phenoxy) is 1. The van der Waals surface area contributed by atoms with E-state index in [2.05, 4.69) is 15.5 Å². The summed E-state index contributed by atoms with van der Waals surface area (Å²) in [7, 11) is 5.30. The number of carbonyl (C=O) groups excluding carboxylic acids is 3. The van der Waals surface area contributed by atoms with Crippen molar-refractivity contribution in [3.8, 4) is 0 Å². The Kier molecular flexibility index (Phi) is 9.77. The molecule has 0 spiro atoms. The minimum Gasteiger partial charge on any atom is -0.467 e. The van der Waals surface area contributed by atoms with E-state index in [0.717, 1.165) is 44.2 Å². The van der Waals surface area contributed by atoms with Crippen LogP contribution in [-0.4, -0.2) is 56.5 Å². The molecule has 0 aromatic heterocycles. The summed E-state index contributed by atoms with van der Waals surface area (Å²) in [5, 5.41) is 6.28. The molecule has 7 nitrogen and oxygen atoms in total. The van der Waals surface area contributed by atoms with Crippen LogP contribution in [0, 0.1) is 5.41 Å². The fourth-order valence-electron chi connectivity index (χ4n) is 4.60. The van der Waals surface area contributed by atoms with E-state index < -0.39 is 23.3 Å². The van der Waals surface area contributed by atoms with Crippen molar-refractivity contribution < 1.29 is 19.1 Å². The van der Waals surface area contributed by atoms with Gasteiger partial charge in [-0.15, -0.1) is 0 Å². The number of benzene rings is 2. The maximum absolute atomic E-state index is 13.4. The van der Waals surface area contributed by atoms with E-state index in [9.17, 15) is 14.4 Å². The lowest BCUT2D eigenvalue weighted by Crippen LogP contribution is -2.49. The molecular weight excluding hydrogens is 501 g/mol. The highest BCUT2D eigenvalue weighted by atomic mass is 35.5. The van der Waals surface area contributed by atoms with Gasteiger partial charge in [0.2, 0.25) is 5.91 Å². The molecule has 1 saturated carbocycles. The zero-order valence-electron chi connectivity index (χ0n) is 20.9. The zero-order chi connectivity index (χ0) is 26.3. The minimum absolute atomic E-state index is 0.0854. The van der Waals surface area contributed by atoms with Crippen LogP contribution in [0.25, 0.3) is 0 Å². The smallest absolute Gasteiger partial charge is 0.328 e. The van der Waals surface area contributed by atoms with E-state index in [4.69, 9.17) is 27.9 Å². The van der Waals surface area contributed by atoms with Crippen molar-refractivity contribution in [2.24, 2.45) is 5.41 Å². The molecule has 2 aromatic carbocycles. The fourth-order valence-corrected chi connectivity index (χ4v) is 5.16. The largest absolute Gasteiger partial charge is 0.467 e. The summed E-state index contributed by atoms with van der Waals surface area (Å²) in [6, 6.07) is 11.1. The highest BCUT2D eigenvalue weighted by Crippen LogP contribution is 2.41. The zero-order valence-corrected chi connectivity index (χ0v) is 22.4. The van der Waals surface area contributed by atoms with Crippen LogP contribution in [0.5, 0.6) is 0 Å². The van der Waals surface area contributed by atoms with Crippen LogP contribution in [0.15, 0.2) is 42.5 Å². The Bertz CT molecular complexity index is 1060. The van der Waals surface area contributed by atoms with Crippen LogP contribution >= 0.6 is 23.2 Å². The van der Waals surface area contributed by atoms with Gasteiger partial charge in [0.15, 0.2) is 0 Å². The van der Waals surface area contributed by atoms with Gasteiger partial charge in [-0.05, 0) is 69.7 Å². The summed E-state index contributed by atoms with van der Waals surface area (Å²) < 4.78 is 4.98. The van der Waals surface area contributed by atoms with Crippen molar-refractivity contribution in [1.82, 2.24) is 10.2 Å². The Morgan fingerprint density at radius 1 is 1.03 bits per heavy atom. The third-order valence-corrected chi connectivity index (χ3v) is 7.34. The highest BCUT2D eigenvalue weighted by Gasteiger charge is 2.42. The molecule has 2 amide bonds. The SMILES string of the molecule is COC(=O)[C@H](Cc1ccc(NC(=O)c2c(Cl)cccc2Cl)cc1)NC(=O)C1(CCN(C)C)CCCC1. The quantitative estimate of drug-likeness (QED) is 0.421. The fraction of sp³-hybridized carbons (Fsp3) is 0.444. The topological polar surface area (TPSA) is 87.7 Å². The molecule has 3 rings (SSSR count). The van der Waals surface area contributed by atoms with E-state index in [1.165, 1.54) is 7.11 Å². The molecule has 9 heteroatoms. The minimum atomic E-state index is -0.804. The average Bonchev–Trinajstić information content (AvgIpc) is 3.33. The predicted molar refractivity (Wildman–Crippen MR) is 143 cm³/mol. The van der Waals surface area contributed by atoms with Crippen LogP contribution in [0.1, 0.15) is 48.0 Å². The molecule has 1 aliphatic carbocycles. The van der Waals surface area contributed by atoms with Crippen molar-refractivity contribution in [2.45, 2.75) is 44.6 Å². The predicted octanol–water partition coefficient (Wildman–Crippen LogP) is 4.96. The Morgan fingerprint density at radius 3 is 2.19 bits per heavy atom. The molecule has 0 bridgehead atoms. The van der Waals surface area contributed by atoms with Gasteiger partial charge in [-0.3, -0.25) is 9.59 Å². The second kappa shape index (κ2) is 12.6. The van der Waals surface area contributed by atoms with Crippen LogP contribution < -0.4 is 10.6 Å². The van der Waals surface area contributed by atoms with Gasteiger partial charge in [0.05, 0.1) is 28.1 Å². The Labute approximate surface area is 222 Å². The Morgan fingerprint density at radius 2 is 1.64 bits per heavy atom. The number of hydrogen-bond donors (Lipinski definition) is 2. The lowest BCUT2D eigenvalue weighted by atomic mass is 9.81. The monoisotopic (exact) mass is 533 g/mol. The second-order valence-corrected chi connectivity index (χ2v) is 10.4. The van der Waals surface area contributed by atoms with E-state index in [0.29, 0.717) is 5.69 Å². The van der Waals surface area contributed by atoms with Gasteiger partial charge in [0.1, 0.15) is 6.04 Å². The molecular formula is C27H33Cl2N3O4. The van der Waals surface area contributed by atoms with Crippen LogP contribution in [0.2, 0.25) is 10.0 Å². The molecule has 0 radical (unpaired) electrons. The first-order valence-electron chi connectivity index (χ1n) is 12.0. The number of nitrogens with zero attached hydrogens (tertiary/aromatic N) is 1. The highest BCUT2D eigenvalue weighted by molar-refractivity contribution is 6.40. The summed E-state index contributed by atoms with van der Waals surface area (Å²) in [5.41, 5.74) is 1.11. The number of carbonyl (C=O) groups is 3. The molecule has 0 unspecified atom stereocenters. The van der Waals surface area contributed by atoms with Crippen molar-refractivity contribution in [2.75, 3.05) is 33.1 Å². The maximum atomic E-state index is 13.4. The molecule has 0 saturated heterocycles. The molecule has 1 atom stereocenters. The van der Waals surface area contributed by atoms with E-state index in [1.807, 2.05) is 14.1 Å². The number of rotatable bonds is 10. The van der Waals surface area contributed by atoms with Gasteiger partial charge in [-0.2, -0.15) is 0 Å². The summed E-state index contributed by atoms with van der Waals surface area (Å²) in [6.07, 6.45) is 4.69. The van der Waals surface area contributed by atoms with E-state index >= 15 is 0 Å². The lowest BCUT2D eigenvalue weighted by Gasteiger charge is -2.31. The second-order valence-electron chi connectivity index (χ2n) is 9.54. The van der Waals surface area contributed by atoms with Gasteiger partial charge in [-0.1, -0.05) is 54.2 Å². The summed E-state index contributed by atoms with van der Waals surface area (Å²) in [5.74, 6) is -0.995. The van der Waals surface area contributed by atoms with Crippen LogP contribution in [0.3, 0.4) is 0 Å². The third kappa shape index (κ3) is 6.99. The van der Waals surface area contributed by atoms with Gasteiger partial charge < -0.3 is 20.3 Å².